The minimum absolute atomic E-state index is 0.194. The van der Waals surface area contributed by atoms with Crippen molar-refractivity contribution in [2.75, 3.05) is 19.7 Å². The summed E-state index contributed by atoms with van der Waals surface area (Å²) >= 11 is 0. The van der Waals surface area contributed by atoms with E-state index in [9.17, 15) is 9.90 Å². The summed E-state index contributed by atoms with van der Waals surface area (Å²) in [5, 5.41) is 10.3. The van der Waals surface area contributed by atoms with Crippen LogP contribution in [0.5, 0.6) is 0 Å². The molecule has 1 saturated heterocycles. The number of hydrogen-bond acceptors (Lipinski definition) is 3. The summed E-state index contributed by atoms with van der Waals surface area (Å²) in [4.78, 5) is 12.9. The molecule has 0 atom stereocenters. The first-order chi connectivity index (χ1) is 8.15. The Kier molecular flexibility index (Phi) is 3.15. The fraction of sp³-hybridized carbons (Fsp3) is 0.308. The van der Waals surface area contributed by atoms with Gasteiger partial charge in [-0.25, -0.2) is 4.79 Å². The van der Waals surface area contributed by atoms with Crippen LogP contribution >= 0.6 is 0 Å². The van der Waals surface area contributed by atoms with E-state index in [1.54, 1.807) is 0 Å². The molecule has 1 fully saturated rings. The Balaban J connectivity index is 1.93. The van der Waals surface area contributed by atoms with Crippen molar-refractivity contribution in [1.82, 2.24) is 4.90 Å². The number of aliphatic hydroxyl groups is 1. The number of nitrogens with zero attached hydrogens (tertiary/aromatic N) is 1. The summed E-state index contributed by atoms with van der Waals surface area (Å²) in [5.74, 6) is 0. The number of likely N-dealkylation sites (tertiary alicyclic amines) is 1. The number of β-amino-alcohol motifs (C(OH)–C–C–N with tert-alkyl or cyclic N) is 1. The Hall–Kier alpha value is -1.81. The first-order valence-corrected chi connectivity index (χ1v) is 5.46. The summed E-state index contributed by atoms with van der Waals surface area (Å²) < 4.78 is 4.88. The molecule has 0 aromatic heterocycles. The van der Waals surface area contributed by atoms with Crippen LogP contribution in [0.4, 0.5) is 4.79 Å². The van der Waals surface area contributed by atoms with E-state index < -0.39 is 11.7 Å². The molecule has 17 heavy (non-hydrogen) atoms. The minimum Gasteiger partial charge on any atom is -0.445 e. The Labute approximate surface area is 100 Å². The lowest BCUT2D eigenvalue weighted by Gasteiger charge is -2.45. The number of hydrogen-bond donors (Lipinski definition) is 1. The topological polar surface area (TPSA) is 49.8 Å². The molecule has 1 N–H and O–H groups in total. The lowest BCUT2D eigenvalue weighted by atomic mass is 9.86. The van der Waals surface area contributed by atoms with Gasteiger partial charge >= 0.3 is 6.09 Å². The Morgan fingerprint density at radius 3 is 2.71 bits per heavy atom. The quantitative estimate of drug-likeness (QED) is 0.805. The SMILES string of the molecule is C=CCOC(=O)N1CC(O)(c2ccccc2)C1. The van der Waals surface area contributed by atoms with Gasteiger partial charge in [-0.1, -0.05) is 43.0 Å². The first-order valence-electron chi connectivity index (χ1n) is 5.46. The van der Waals surface area contributed by atoms with Crippen molar-refractivity contribution in [2.24, 2.45) is 0 Å². The van der Waals surface area contributed by atoms with Crippen LogP contribution in [0.15, 0.2) is 43.0 Å². The molecule has 4 nitrogen and oxygen atoms in total. The number of carbonyl (C=O) groups is 1. The molecule has 0 bridgehead atoms. The van der Waals surface area contributed by atoms with Crippen molar-refractivity contribution < 1.29 is 14.6 Å². The maximum absolute atomic E-state index is 11.4. The van der Waals surface area contributed by atoms with Crippen LogP contribution in [0, 0.1) is 0 Å². The van der Waals surface area contributed by atoms with Crippen molar-refractivity contribution >= 4 is 6.09 Å². The van der Waals surface area contributed by atoms with Gasteiger partial charge in [-0.2, -0.15) is 0 Å². The zero-order valence-electron chi connectivity index (χ0n) is 9.50. The number of rotatable bonds is 3. The maximum atomic E-state index is 11.4. The smallest absolute Gasteiger partial charge is 0.410 e. The molecule has 0 radical (unpaired) electrons. The molecule has 0 aliphatic carbocycles. The molecule has 2 rings (SSSR count). The summed E-state index contributed by atoms with van der Waals surface area (Å²) in [5.41, 5.74) is -0.109. The molecule has 4 heteroatoms. The second-order valence-corrected chi connectivity index (χ2v) is 4.12. The van der Waals surface area contributed by atoms with Crippen LogP contribution in [0.2, 0.25) is 0 Å². The molecule has 1 amide bonds. The van der Waals surface area contributed by atoms with E-state index in [1.165, 1.54) is 11.0 Å². The second-order valence-electron chi connectivity index (χ2n) is 4.12. The monoisotopic (exact) mass is 233 g/mol. The Morgan fingerprint density at radius 1 is 1.47 bits per heavy atom. The van der Waals surface area contributed by atoms with Crippen LogP contribution in [0.25, 0.3) is 0 Å². The fourth-order valence-electron chi connectivity index (χ4n) is 1.87. The van der Waals surface area contributed by atoms with Gasteiger partial charge in [0, 0.05) is 0 Å². The average molecular weight is 233 g/mol. The number of benzene rings is 1. The van der Waals surface area contributed by atoms with E-state index in [1.807, 2.05) is 30.3 Å². The highest BCUT2D eigenvalue weighted by atomic mass is 16.6. The van der Waals surface area contributed by atoms with E-state index in [2.05, 4.69) is 6.58 Å². The normalized spacial score (nSPS) is 17.1. The minimum atomic E-state index is -0.936. The molecule has 0 saturated carbocycles. The van der Waals surface area contributed by atoms with Crippen LogP contribution in [-0.4, -0.2) is 35.8 Å². The average Bonchev–Trinajstić information content (AvgIpc) is 2.33. The van der Waals surface area contributed by atoms with Gasteiger partial charge in [0.15, 0.2) is 0 Å². The third-order valence-corrected chi connectivity index (χ3v) is 2.80. The summed E-state index contributed by atoms with van der Waals surface area (Å²) in [6.07, 6.45) is 1.10. The Morgan fingerprint density at radius 2 is 2.12 bits per heavy atom. The molecule has 1 aliphatic rings. The van der Waals surface area contributed by atoms with Gasteiger partial charge in [-0.05, 0) is 5.56 Å². The van der Waals surface area contributed by atoms with Crippen molar-refractivity contribution in [1.29, 1.82) is 0 Å². The predicted molar refractivity (Wildman–Crippen MR) is 63.5 cm³/mol. The maximum Gasteiger partial charge on any atom is 0.410 e. The van der Waals surface area contributed by atoms with E-state index in [0.29, 0.717) is 0 Å². The molecule has 90 valence electrons. The van der Waals surface area contributed by atoms with Gasteiger partial charge in [0.25, 0.3) is 0 Å². The second kappa shape index (κ2) is 4.59. The summed E-state index contributed by atoms with van der Waals surface area (Å²) in [7, 11) is 0. The molecular formula is C13H15NO3. The van der Waals surface area contributed by atoms with Gasteiger partial charge in [0.1, 0.15) is 12.2 Å². The number of carbonyl (C=O) groups excluding carboxylic acids is 1. The highest BCUT2D eigenvalue weighted by Gasteiger charge is 2.45. The Bertz CT molecular complexity index is 410. The zero-order chi connectivity index (χ0) is 12.3. The molecule has 1 aromatic rings. The molecule has 0 spiro atoms. The van der Waals surface area contributed by atoms with Crippen molar-refractivity contribution in [2.45, 2.75) is 5.60 Å². The zero-order valence-corrected chi connectivity index (χ0v) is 9.50. The van der Waals surface area contributed by atoms with Crippen molar-refractivity contribution in [3.63, 3.8) is 0 Å². The van der Waals surface area contributed by atoms with E-state index in [0.717, 1.165) is 5.56 Å². The van der Waals surface area contributed by atoms with Crippen LogP contribution < -0.4 is 0 Å². The highest BCUT2D eigenvalue weighted by Crippen LogP contribution is 2.31. The van der Waals surface area contributed by atoms with Gasteiger partial charge < -0.3 is 14.7 Å². The molecule has 1 aliphatic heterocycles. The summed E-state index contributed by atoms with van der Waals surface area (Å²) in [6.45, 7) is 4.20. The van der Waals surface area contributed by atoms with Crippen LogP contribution in [0.1, 0.15) is 5.56 Å². The lowest BCUT2D eigenvalue weighted by molar-refractivity contribution is -0.0931. The van der Waals surface area contributed by atoms with E-state index in [4.69, 9.17) is 4.74 Å². The van der Waals surface area contributed by atoms with Crippen molar-refractivity contribution in [3.8, 4) is 0 Å². The van der Waals surface area contributed by atoms with Gasteiger partial charge in [-0.3, -0.25) is 0 Å². The summed E-state index contributed by atoms with van der Waals surface area (Å²) in [6, 6.07) is 9.33. The molecule has 1 aromatic carbocycles. The third kappa shape index (κ3) is 2.31. The highest BCUT2D eigenvalue weighted by molar-refractivity contribution is 5.69. The van der Waals surface area contributed by atoms with Gasteiger partial charge in [0.05, 0.1) is 13.1 Å². The van der Waals surface area contributed by atoms with Crippen molar-refractivity contribution in [3.05, 3.63) is 48.6 Å². The molecule has 0 unspecified atom stereocenters. The molecule has 1 heterocycles. The van der Waals surface area contributed by atoms with Gasteiger partial charge in [-0.15, -0.1) is 0 Å². The molecular weight excluding hydrogens is 218 g/mol. The first kappa shape index (κ1) is 11.7. The lowest BCUT2D eigenvalue weighted by Crippen LogP contribution is -2.61. The third-order valence-electron chi connectivity index (χ3n) is 2.80. The van der Waals surface area contributed by atoms with Crippen LogP contribution in [0.3, 0.4) is 0 Å². The number of ether oxygens (including phenoxy) is 1. The van der Waals surface area contributed by atoms with Gasteiger partial charge in [0.2, 0.25) is 0 Å². The largest absolute Gasteiger partial charge is 0.445 e. The fourth-order valence-corrected chi connectivity index (χ4v) is 1.87. The predicted octanol–water partition coefficient (Wildman–Crippen LogP) is 1.51. The van der Waals surface area contributed by atoms with E-state index >= 15 is 0 Å². The number of amides is 1. The van der Waals surface area contributed by atoms with E-state index in [-0.39, 0.29) is 19.7 Å². The van der Waals surface area contributed by atoms with Crippen LogP contribution in [-0.2, 0) is 10.3 Å². The standard InChI is InChI=1S/C13H15NO3/c1-2-8-17-12(15)14-9-13(16,10-14)11-6-4-3-5-7-11/h2-7,16H,1,8-10H2.